The molecule has 1 heterocycles. The molecule has 1 aromatic heterocycles. The standard InChI is InChI=1S/C30H28N3O9PS/c1-3-41-43(38,42-4-2)30(32-19-11-13-20(14-12-19)44(39,40)33-25-10-5-6-15-31-25)18-16-22-27(24(35)17-18)29(37)26-21(28(22)36)8-7-9-23(26)34/h5-17,30,32,34-35H,3-4H2,1-2H3,(H,31,33). The third-order valence-corrected chi connectivity index (χ3v) is 10.4. The van der Waals surface area contributed by atoms with Gasteiger partial charge in [-0.05, 0) is 74.0 Å². The van der Waals surface area contributed by atoms with Gasteiger partial charge in [-0.1, -0.05) is 18.2 Å². The van der Waals surface area contributed by atoms with Crippen LogP contribution in [-0.2, 0) is 23.6 Å². The predicted octanol–water partition coefficient (Wildman–Crippen LogP) is 5.45. The lowest BCUT2D eigenvalue weighted by Crippen LogP contribution is -2.23. The van der Waals surface area contributed by atoms with Gasteiger partial charge >= 0.3 is 7.60 Å². The van der Waals surface area contributed by atoms with Crippen LogP contribution in [0.1, 0.15) is 57.0 Å². The van der Waals surface area contributed by atoms with E-state index in [1.807, 2.05) is 0 Å². The first kappa shape index (κ1) is 30.9. The summed E-state index contributed by atoms with van der Waals surface area (Å²) in [5.74, 6) is -3.50. The van der Waals surface area contributed by atoms with Gasteiger partial charge in [0.05, 0.1) is 29.2 Å². The zero-order valence-electron chi connectivity index (χ0n) is 23.6. The fourth-order valence-electron chi connectivity index (χ4n) is 4.86. The summed E-state index contributed by atoms with van der Waals surface area (Å²) in [6.45, 7) is 3.22. The zero-order chi connectivity index (χ0) is 31.6. The second-order valence-electron chi connectivity index (χ2n) is 9.59. The molecule has 0 amide bonds. The van der Waals surface area contributed by atoms with Crippen LogP contribution in [0.4, 0.5) is 11.5 Å². The Morgan fingerprint density at radius 2 is 1.52 bits per heavy atom. The van der Waals surface area contributed by atoms with E-state index in [4.69, 9.17) is 9.05 Å². The first-order valence-corrected chi connectivity index (χ1v) is 16.6. The Morgan fingerprint density at radius 3 is 2.16 bits per heavy atom. The number of pyridine rings is 1. The highest BCUT2D eigenvalue weighted by Gasteiger charge is 2.40. The number of ketones is 2. The van der Waals surface area contributed by atoms with Gasteiger partial charge in [-0.2, -0.15) is 0 Å². The number of aromatic nitrogens is 1. The van der Waals surface area contributed by atoms with Crippen molar-refractivity contribution >= 4 is 40.7 Å². The molecule has 1 aliphatic carbocycles. The van der Waals surface area contributed by atoms with E-state index in [-0.39, 0.29) is 51.7 Å². The number of benzene rings is 3. The quantitative estimate of drug-likeness (QED) is 0.135. The molecule has 1 unspecified atom stereocenters. The third kappa shape index (κ3) is 5.82. The van der Waals surface area contributed by atoms with E-state index in [1.165, 1.54) is 66.9 Å². The molecule has 0 saturated carbocycles. The van der Waals surface area contributed by atoms with Crippen molar-refractivity contribution in [2.75, 3.05) is 23.3 Å². The van der Waals surface area contributed by atoms with Crippen LogP contribution in [0.15, 0.2) is 83.9 Å². The Labute approximate surface area is 253 Å². The van der Waals surface area contributed by atoms with Crippen LogP contribution in [-0.4, -0.2) is 48.4 Å². The van der Waals surface area contributed by atoms with Crippen molar-refractivity contribution in [3.05, 3.63) is 107 Å². The van der Waals surface area contributed by atoms with Gasteiger partial charge in [-0.3, -0.25) is 18.9 Å². The van der Waals surface area contributed by atoms with Gasteiger partial charge in [0.1, 0.15) is 17.3 Å². The maximum atomic E-state index is 14.1. The third-order valence-electron chi connectivity index (χ3n) is 6.75. The average molecular weight is 638 g/mol. The number of carbonyl (C=O) groups excluding carboxylic acids is 2. The SMILES string of the molecule is CCOP(=O)(OCC)C(Nc1ccc(S(=O)(=O)Nc2ccccn2)cc1)c1cc(O)c2c(c1)C(=O)c1cccc(O)c1C2=O. The molecule has 228 valence electrons. The molecule has 0 spiro atoms. The number of nitrogens with one attached hydrogen (secondary N) is 2. The number of hydrogen-bond donors (Lipinski definition) is 4. The number of fused-ring (bicyclic) bond motifs is 2. The number of aromatic hydroxyl groups is 2. The maximum absolute atomic E-state index is 14.1. The van der Waals surface area contributed by atoms with Crippen molar-refractivity contribution in [2.24, 2.45) is 0 Å². The van der Waals surface area contributed by atoms with Gasteiger partial charge in [0, 0.05) is 23.0 Å². The lowest BCUT2D eigenvalue weighted by atomic mass is 9.82. The molecule has 0 saturated heterocycles. The minimum Gasteiger partial charge on any atom is -0.507 e. The fourth-order valence-corrected chi connectivity index (χ4v) is 7.78. The molecule has 44 heavy (non-hydrogen) atoms. The first-order valence-electron chi connectivity index (χ1n) is 13.5. The average Bonchev–Trinajstić information content (AvgIpc) is 2.99. The molecule has 3 aromatic carbocycles. The summed E-state index contributed by atoms with van der Waals surface area (Å²) in [5.41, 5.74) is -0.311. The molecular weight excluding hydrogens is 609 g/mol. The summed E-state index contributed by atoms with van der Waals surface area (Å²) in [7, 11) is -8.04. The van der Waals surface area contributed by atoms with Crippen molar-refractivity contribution in [3.63, 3.8) is 0 Å². The summed E-state index contributed by atoms with van der Waals surface area (Å²) in [4.78, 5) is 30.6. The number of sulfonamides is 1. The Bertz CT molecular complexity index is 1890. The number of anilines is 2. The van der Waals surface area contributed by atoms with Gasteiger partial charge in [0.15, 0.2) is 11.6 Å². The van der Waals surface area contributed by atoms with E-state index < -0.39 is 46.5 Å². The van der Waals surface area contributed by atoms with Crippen molar-refractivity contribution in [1.29, 1.82) is 0 Å². The second kappa shape index (κ2) is 12.2. The van der Waals surface area contributed by atoms with Crippen LogP contribution in [0.5, 0.6) is 11.5 Å². The molecule has 0 fully saturated rings. The van der Waals surface area contributed by atoms with Gasteiger partial charge < -0.3 is 24.6 Å². The number of phenols is 2. The van der Waals surface area contributed by atoms with E-state index >= 15 is 0 Å². The van der Waals surface area contributed by atoms with Gasteiger partial charge in [0.25, 0.3) is 10.0 Å². The molecule has 0 radical (unpaired) electrons. The van der Waals surface area contributed by atoms with E-state index in [9.17, 15) is 32.8 Å². The molecule has 5 rings (SSSR count). The maximum Gasteiger partial charge on any atom is 0.357 e. The largest absolute Gasteiger partial charge is 0.507 e. The van der Waals surface area contributed by atoms with Crippen molar-refractivity contribution in [1.82, 2.24) is 4.98 Å². The minimum atomic E-state index is -4.07. The van der Waals surface area contributed by atoms with Crippen molar-refractivity contribution in [3.8, 4) is 11.5 Å². The van der Waals surface area contributed by atoms with Crippen LogP contribution in [0, 0.1) is 0 Å². The zero-order valence-corrected chi connectivity index (χ0v) is 25.3. The minimum absolute atomic E-state index is 0.00712. The Balaban J connectivity index is 1.55. The van der Waals surface area contributed by atoms with Crippen LogP contribution in [0.3, 0.4) is 0 Å². The molecule has 4 N–H and O–H groups in total. The first-order chi connectivity index (χ1) is 21.0. The summed E-state index contributed by atoms with van der Waals surface area (Å²) in [6.07, 6.45) is 1.45. The van der Waals surface area contributed by atoms with E-state index in [1.54, 1.807) is 26.0 Å². The second-order valence-corrected chi connectivity index (χ2v) is 13.4. The van der Waals surface area contributed by atoms with Gasteiger partial charge in [0.2, 0.25) is 5.78 Å². The monoisotopic (exact) mass is 637 g/mol. The fraction of sp³-hybridized carbons (Fsp3) is 0.167. The van der Waals surface area contributed by atoms with Crippen LogP contribution in [0.25, 0.3) is 0 Å². The highest BCUT2D eigenvalue weighted by Crippen LogP contribution is 2.61. The molecule has 0 aliphatic heterocycles. The molecular formula is C30H28N3O9PS. The topological polar surface area (TPSA) is 181 Å². The predicted molar refractivity (Wildman–Crippen MR) is 162 cm³/mol. The number of rotatable bonds is 11. The Kier molecular flexibility index (Phi) is 8.57. The van der Waals surface area contributed by atoms with E-state index in [0.29, 0.717) is 5.69 Å². The van der Waals surface area contributed by atoms with Crippen molar-refractivity contribution < 1.29 is 41.8 Å². The summed E-state index contributed by atoms with van der Waals surface area (Å²) < 4.78 is 53.4. The lowest BCUT2D eigenvalue weighted by molar-refractivity contribution is 0.0974. The Morgan fingerprint density at radius 1 is 0.841 bits per heavy atom. The highest BCUT2D eigenvalue weighted by atomic mass is 32.2. The summed E-state index contributed by atoms with van der Waals surface area (Å²) >= 11 is 0. The normalized spacial score (nSPS) is 13.6. The molecule has 4 aromatic rings. The van der Waals surface area contributed by atoms with Crippen molar-refractivity contribution in [2.45, 2.75) is 24.5 Å². The number of phenolic OH excluding ortho intramolecular Hbond substituents is 2. The molecule has 1 aliphatic rings. The Hall–Kier alpha value is -4.55. The molecule has 12 nitrogen and oxygen atoms in total. The summed E-state index contributed by atoms with van der Waals surface area (Å²) in [6, 6.07) is 16.9. The smallest absolute Gasteiger partial charge is 0.357 e. The number of hydrogen-bond acceptors (Lipinski definition) is 11. The van der Waals surface area contributed by atoms with Crippen LogP contribution >= 0.6 is 7.60 Å². The van der Waals surface area contributed by atoms with Gasteiger partial charge in [-0.25, -0.2) is 13.4 Å². The summed E-state index contributed by atoms with van der Waals surface area (Å²) in [5, 5.41) is 24.3. The van der Waals surface area contributed by atoms with E-state index in [2.05, 4.69) is 15.0 Å². The highest BCUT2D eigenvalue weighted by molar-refractivity contribution is 7.92. The van der Waals surface area contributed by atoms with Crippen LogP contribution in [0.2, 0.25) is 0 Å². The van der Waals surface area contributed by atoms with Crippen LogP contribution < -0.4 is 10.0 Å². The molecule has 1 atom stereocenters. The molecule has 14 heteroatoms. The lowest BCUT2D eigenvalue weighted by Gasteiger charge is -2.29. The number of nitrogens with zero attached hydrogens (tertiary/aromatic N) is 1. The van der Waals surface area contributed by atoms with Gasteiger partial charge in [-0.15, -0.1) is 0 Å². The number of carbonyl (C=O) groups is 2. The van der Waals surface area contributed by atoms with E-state index in [0.717, 1.165) is 0 Å². The molecule has 0 bridgehead atoms.